The van der Waals surface area contributed by atoms with Crippen LogP contribution in [0, 0.1) is 10.1 Å². The zero-order valence-corrected chi connectivity index (χ0v) is 12.5. The minimum atomic E-state index is -0.714. The van der Waals surface area contributed by atoms with E-state index in [4.69, 9.17) is 0 Å². The number of β-amino-alcohol motifs (C(OH)–C–C–N with tert-alkyl or cyclic N) is 1. The normalized spacial score (nSPS) is 25.6. The number of anilines is 1. The summed E-state index contributed by atoms with van der Waals surface area (Å²) in [5.74, 6) is -0.157. The molecule has 1 aromatic rings. The molecule has 2 heterocycles. The SMILES string of the molecule is CC.CC1CCC(C)(O)CN1c1ccc([N+](=O)[O-])nc1. The van der Waals surface area contributed by atoms with Crippen LogP contribution in [0.3, 0.4) is 0 Å². The summed E-state index contributed by atoms with van der Waals surface area (Å²) in [6.07, 6.45) is 3.16. The molecule has 1 fully saturated rings. The van der Waals surface area contributed by atoms with Crippen molar-refractivity contribution in [2.75, 3.05) is 11.4 Å². The highest BCUT2D eigenvalue weighted by Crippen LogP contribution is 2.29. The highest BCUT2D eigenvalue weighted by molar-refractivity contribution is 5.48. The van der Waals surface area contributed by atoms with Crippen molar-refractivity contribution >= 4 is 11.5 Å². The summed E-state index contributed by atoms with van der Waals surface area (Å²) < 4.78 is 0. The molecule has 6 heteroatoms. The molecule has 20 heavy (non-hydrogen) atoms. The molecule has 0 aliphatic carbocycles. The summed E-state index contributed by atoms with van der Waals surface area (Å²) in [6, 6.07) is 3.38. The van der Waals surface area contributed by atoms with Crippen LogP contribution in [-0.2, 0) is 0 Å². The first-order valence-electron chi connectivity index (χ1n) is 6.98. The van der Waals surface area contributed by atoms with Crippen molar-refractivity contribution in [3.05, 3.63) is 28.4 Å². The Hall–Kier alpha value is -1.69. The molecule has 0 bridgehead atoms. The molecule has 0 saturated carbocycles. The van der Waals surface area contributed by atoms with E-state index in [0.717, 1.165) is 18.5 Å². The minimum absolute atomic E-state index is 0.157. The lowest BCUT2D eigenvalue weighted by atomic mass is 9.90. The van der Waals surface area contributed by atoms with Gasteiger partial charge in [-0.05, 0) is 42.7 Å². The number of aliphatic hydroxyl groups is 1. The predicted molar refractivity (Wildman–Crippen MR) is 78.9 cm³/mol. The average molecular weight is 281 g/mol. The number of nitrogens with zero attached hydrogens (tertiary/aromatic N) is 3. The van der Waals surface area contributed by atoms with Crippen LogP contribution in [0.2, 0.25) is 0 Å². The van der Waals surface area contributed by atoms with Crippen LogP contribution in [0.25, 0.3) is 0 Å². The third-order valence-electron chi connectivity index (χ3n) is 3.39. The number of pyridine rings is 1. The van der Waals surface area contributed by atoms with E-state index < -0.39 is 10.5 Å². The summed E-state index contributed by atoms with van der Waals surface area (Å²) in [4.78, 5) is 15.9. The Labute approximate surface area is 119 Å². The van der Waals surface area contributed by atoms with Gasteiger partial charge in [0.15, 0.2) is 6.20 Å². The van der Waals surface area contributed by atoms with Gasteiger partial charge in [-0.25, -0.2) is 0 Å². The third kappa shape index (κ3) is 3.90. The van der Waals surface area contributed by atoms with E-state index >= 15 is 0 Å². The first-order valence-corrected chi connectivity index (χ1v) is 6.98. The van der Waals surface area contributed by atoms with E-state index in [2.05, 4.69) is 11.9 Å². The number of hydrogen-bond donors (Lipinski definition) is 1. The summed E-state index contributed by atoms with van der Waals surface area (Å²) in [5.41, 5.74) is 0.0990. The fraction of sp³-hybridized carbons (Fsp3) is 0.643. The van der Waals surface area contributed by atoms with Crippen molar-refractivity contribution in [2.45, 2.75) is 52.2 Å². The lowest BCUT2D eigenvalue weighted by Gasteiger charge is -2.42. The highest BCUT2D eigenvalue weighted by Gasteiger charge is 2.33. The molecule has 2 atom stereocenters. The molecule has 1 aliphatic rings. The van der Waals surface area contributed by atoms with Gasteiger partial charge in [-0.3, -0.25) is 0 Å². The second kappa shape index (κ2) is 6.65. The molecule has 1 aromatic heterocycles. The molecule has 2 rings (SSSR count). The second-order valence-electron chi connectivity index (χ2n) is 5.14. The molecule has 1 aliphatic heterocycles. The zero-order valence-electron chi connectivity index (χ0n) is 12.5. The molecule has 0 aromatic carbocycles. The quantitative estimate of drug-likeness (QED) is 0.666. The van der Waals surface area contributed by atoms with E-state index in [1.54, 1.807) is 6.07 Å². The number of rotatable bonds is 2. The fourth-order valence-corrected chi connectivity index (χ4v) is 2.28. The molecule has 1 saturated heterocycles. The first kappa shape index (κ1) is 16.4. The molecule has 6 nitrogen and oxygen atoms in total. The van der Waals surface area contributed by atoms with Crippen molar-refractivity contribution in [2.24, 2.45) is 0 Å². The van der Waals surface area contributed by atoms with E-state index in [1.807, 2.05) is 25.7 Å². The maximum absolute atomic E-state index is 10.5. The summed E-state index contributed by atoms with van der Waals surface area (Å²) in [7, 11) is 0. The number of aromatic nitrogens is 1. The van der Waals surface area contributed by atoms with Gasteiger partial charge >= 0.3 is 5.82 Å². The zero-order chi connectivity index (χ0) is 15.3. The van der Waals surface area contributed by atoms with Crippen LogP contribution in [0.5, 0.6) is 0 Å². The van der Waals surface area contributed by atoms with Crippen LogP contribution in [0.1, 0.15) is 40.5 Å². The molecule has 1 N–H and O–H groups in total. The van der Waals surface area contributed by atoms with Gasteiger partial charge in [-0.15, -0.1) is 0 Å². The van der Waals surface area contributed by atoms with Gasteiger partial charge in [0.05, 0.1) is 11.3 Å². The van der Waals surface area contributed by atoms with Gasteiger partial charge in [0.2, 0.25) is 0 Å². The van der Waals surface area contributed by atoms with E-state index in [9.17, 15) is 15.2 Å². The first-order chi connectivity index (χ1) is 9.39. The van der Waals surface area contributed by atoms with Crippen molar-refractivity contribution in [1.29, 1.82) is 0 Å². The number of nitro groups is 1. The Bertz CT molecular complexity index is 445. The maximum Gasteiger partial charge on any atom is 0.363 e. The van der Waals surface area contributed by atoms with Gasteiger partial charge in [-0.1, -0.05) is 13.8 Å². The Morgan fingerprint density at radius 2 is 2.15 bits per heavy atom. The maximum atomic E-state index is 10.5. The van der Waals surface area contributed by atoms with Crippen LogP contribution >= 0.6 is 0 Å². The summed E-state index contributed by atoms with van der Waals surface area (Å²) >= 11 is 0. The standard InChI is InChI=1S/C12H17N3O3.C2H6/c1-9-5-6-12(2,16)8-14(9)10-3-4-11(13-7-10)15(17)18;1-2/h3-4,7,9,16H,5-6,8H2,1-2H3;1-2H3. The summed E-state index contributed by atoms with van der Waals surface area (Å²) in [5, 5.41) is 20.6. The molecular weight excluding hydrogens is 258 g/mol. The average Bonchev–Trinajstić information content (AvgIpc) is 2.44. The van der Waals surface area contributed by atoms with Crippen molar-refractivity contribution in [3.8, 4) is 0 Å². The van der Waals surface area contributed by atoms with Crippen molar-refractivity contribution in [1.82, 2.24) is 4.98 Å². The van der Waals surface area contributed by atoms with Crippen molar-refractivity contribution < 1.29 is 10.0 Å². The Balaban J connectivity index is 0.000000956. The molecule has 112 valence electrons. The summed E-state index contributed by atoms with van der Waals surface area (Å²) in [6.45, 7) is 8.41. The molecular formula is C14H23N3O3. The smallest absolute Gasteiger partial charge is 0.363 e. The predicted octanol–water partition coefficient (Wildman–Crippen LogP) is 2.76. The van der Waals surface area contributed by atoms with E-state index in [1.165, 1.54) is 12.3 Å². The lowest BCUT2D eigenvalue weighted by molar-refractivity contribution is -0.389. The molecule has 0 spiro atoms. The van der Waals surface area contributed by atoms with Crippen LogP contribution in [-0.4, -0.2) is 33.2 Å². The Morgan fingerprint density at radius 3 is 2.65 bits per heavy atom. The van der Waals surface area contributed by atoms with Crippen molar-refractivity contribution in [3.63, 3.8) is 0 Å². The Morgan fingerprint density at radius 1 is 1.50 bits per heavy atom. The van der Waals surface area contributed by atoms with Crippen LogP contribution in [0.15, 0.2) is 18.3 Å². The van der Waals surface area contributed by atoms with Gasteiger partial charge in [0, 0.05) is 18.7 Å². The van der Waals surface area contributed by atoms with Gasteiger partial charge < -0.3 is 20.1 Å². The largest absolute Gasteiger partial charge is 0.388 e. The third-order valence-corrected chi connectivity index (χ3v) is 3.39. The molecule has 0 radical (unpaired) electrons. The lowest BCUT2D eigenvalue weighted by Crippen LogP contribution is -2.50. The van der Waals surface area contributed by atoms with E-state index in [-0.39, 0.29) is 5.82 Å². The minimum Gasteiger partial charge on any atom is -0.388 e. The molecule has 0 amide bonds. The van der Waals surface area contributed by atoms with Crippen LogP contribution in [0.4, 0.5) is 11.5 Å². The molecule has 2 unspecified atom stereocenters. The number of piperidine rings is 1. The van der Waals surface area contributed by atoms with Gasteiger partial charge in [0.25, 0.3) is 0 Å². The monoisotopic (exact) mass is 281 g/mol. The Kier molecular flexibility index (Phi) is 5.44. The highest BCUT2D eigenvalue weighted by atomic mass is 16.6. The fourth-order valence-electron chi connectivity index (χ4n) is 2.28. The van der Waals surface area contributed by atoms with Gasteiger partial charge in [-0.2, -0.15) is 0 Å². The van der Waals surface area contributed by atoms with Gasteiger partial charge in [0.1, 0.15) is 0 Å². The second-order valence-corrected chi connectivity index (χ2v) is 5.14. The van der Waals surface area contributed by atoms with Crippen LogP contribution < -0.4 is 4.90 Å². The van der Waals surface area contributed by atoms with E-state index in [0.29, 0.717) is 12.6 Å². The topological polar surface area (TPSA) is 79.5 Å². The number of hydrogen-bond acceptors (Lipinski definition) is 5.